The largest absolute Gasteiger partial charge is 0.463 e. The molecule has 27 heavy (non-hydrogen) atoms. The first-order valence-corrected chi connectivity index (χ1v) is 12.2. The number of aliphatic hydroxyl groups excluding tert-OH is 1. The Labute approximate surface area is 160 Å². The molecule has 138 valence electrons. The second-order valence-corrected chi connectivity index (χ2v) is 12.8. The number of hydrogen-bond donors (Lipinski definition) is 1. The predicted octanol–water partition coefficient (Wildman–Crippen LogP) is 3.96. The van der Waals surface area contributed by atoms with E-state index in [0.717, 1.165) is 0 Å². The summed E-state index contributed by atoms with van der Waals surface area (Å²) in [7, 11) is -1.92. The minimum Gasteiger partial charge on any atom is -0.463 e. The van der Waals surface area contributed by atoms with Crippen LogP contribution in [0.5, 0.6) is 0 Å². The summed E-state index contributed by atoms with van der Waals surface area (Å²) in [5.41, 5.74) is 1.69. The summed E-state index contributed by atoms with van der Waals surface area (Å²) in [5.74, 6) is -0.459. The molecule has 0 aliphatic heterocycles. The van der Waals surface area contributed by atoms with Crippen molar-refractivity contribution in [3.8, 4) is 12.1 Å². The summed E-state index contributed by atoms with van der Waals surface area (Å²) in [6.45, 7) is 6.24. The van der Waals surface area contributed by atoms with Gasteiger partial charge in [-0.05, 0) is 42.0 Å². The molecule has 0 saturated carbocycles. The zero-order valence-electron chi connectivity index (χ0n) is 15.6. The summed E-state index contributed by atoms with van der Waals surface area (Å²) in [5, 5.41) is 28.3. The van der Waals surface area contributed by atoms with Gasteiger partial charge in [0.2, 0.25) is 0 Å². The SMILES string of the molecule is C[Si](C)(C)[C@@H](C[C@@H](O)c1ccc(C#N)cc1)OC(=O)c1ccc(C#N)cc1. The second kappa shape index (κ2) is 8.63. The first kappa shape index (κ1) is 20.4. The fourth-order valence-corrected chi connectivity index (χ4v) is 3.97. The number of ether oxygens (including phenoxy) is 1. The quantitative estimate of drug-likeness (QED) is 0.606. The summed E-state index contributed by atoms with van der Waals surface area (Å²) in [6, 6.07) is 17.1. The lowest BCUT2D eigenvalue weighted by Crippen LogP contribution is -2.42. The highest BCUT2D eigenvalue weighted by molar-refractivity contribution is 6.77. The smallest absolute Gasteiger partial charge is 0.338 e. The number of hydrogen-bond acceptors (Lipinski definition) is 5. The van der Waals surface area contributed by atoms with Crippen molar-refractivity contribution in [2.75, 3.05) is 0 Å². The maximum Gasteiger partial charge on any atom is 0.338 e. The molecule has 0 aliphatic carbocycles. The lowest BCUT2D eigenvalue weighted by molar-refractivity contribution is 0.0319. The van der Waals surface area contributed by atoms with Gasteiger partial charge in [-0.2, -0.15) is 10.5 Å². The lowest BCUT2D eigenvalue weighted by Gasteiger charge is -2.30. The zero-order valence-corrected chi connectivity index (χ0v) is 16.6. The Morgan fingerprint density at radius 1 is 1.00 bits per heavy atom. The summed E-state index contributed by atoms with van der Waals surface area (Å²) in [4.78, 5) is 12.5. The number of benzene rings is 2. The Hall–Kier alpha value is -2.93. The van der Waals surface area contributed by atoms with Gasteiger partial charge in [0.25, 0.3) is 0 Å². The van der Waals surface area contributed by atoms with Gasteiger partial charge in [0.15, 0.2) is 0 Å². The number of nitrogens with zero attached hydrogens (tertiary/aromatic N) is 2. The van der Waals surface area contributed by atoms with E-state index in [1.54, 1.807) is 48.5 Å². The van der Waals surface area contributed by atoms with Gasteiger partial charge in [0.1, 0.15) is 0 Å². The van der Waals surface area contributed by atoms with Crippen molar-refractivity contribution in [2.24, 2.45) is 0 Å². The van der Waals surface area contributed by atoms with Crippen LogP contribution >= 0.6 is 0 Å². The molecule has 0 aromatic heterocycles. The number of esters is 1. The maximum absolute atomic E-state index is 12.5. The molecule has 0 bridgehead atoms. The van der Waals surface area contributed by atoms with E-state index in [9.17, 15) is 9.90 Å². The molecule has 0 unspecified atom stereocenters. The molecule has 2 aromatic carbocycles. The van der Waals surface area contributed by atoms with E-state index in [1.165, 1.54) is 0 Å². The topological polar surface area (TPSA) is 94.1 Å². The normalized spacial score (nSPS) is 13.1. The van der Waals surface area contributed by atoms with Crippen LogP contribution in [0.3, 0.4) is 0 Å². The summed E-state index contributed by atoms with van der Waals surface area (Å²) >= 11 is 0. The molecule has 0 radical (unpaired) electrons. The number of carbonyl (C=O) groups excluding carboxylic acids is 1. The first-order chi connectivity index (χ1) is 12.7. The van der Waals surface area contributed by atoms with E-state index in [0.29, 0.717) is 28.7 Å². The van der Waals surface area contributed by atoms with Crippen molar-refractivity contribution >= 4 is 14.0 Å². The fraction of sp³-hybridized carbons (Fsp3) is 0.286. The van der Waals surface area contributed by atoms with E-state index >= 15 is 0 Å². The van der Waals surface area contributed by atoms with E-state index in [2.05, 4.69) is 19.6 Å². The van der Waals surface area contributed by atoms with Crippen LogP contribution in [0.25, 0.3) is 0 Å². The van der Waals surface area contributed by atoms with Gasteiger partial charge in [-0.3, -0.25) is 0 Å². The molecular formula is C21H22N2O3Si. The predicted molar refractivity (Wildman–Crippen MR) is 104 cm³/mol. The van der Waals surface area contributed by atoms with Gasteiger partial charge in [-0.25, -0.2) is 4.79 Å². The van der Waals surface area contributed by atoms with Crippen LogP contribution < -0.4 is 0 Å². The third kappa shape index (κ3) is 5.52. The van der Waals surface area contributed by atoms with Crippen LogP contribution in [0, 0.1) is 22.7 Å². The van der Waals surface area contributed by atoms with Crippen molar-refractivity contribution in [3.63, 3.8) is 0 Å². The van der Waals surface area contributed by atoms with Crippen LogP contribution in [0.1, 0.15) is 39.6 Å². The van der Waals surface area contributed by atoms with Crippen molar-refractivity contribution in [2.45, 2.75) is 37.9 Å². The Kier molecular flexibility index (Phi) is 6.52. The third-order valence-corrected chi connectivity index (χ3v) is 6.61. The Bertz CT molecular complexity index is 872. The van der Waals surface area contributed by atoms with Crippen molar-refractivity contribution in [1.82, 2.24) is 0 Å². The van der Waals surface area contributed by atoms with Crippen LogP contribution in [0.4, 0.5) is 0 Å². The molecule has 2 atom stereocenters. The highest BCUT2D eigenvalue weighted by Gasteiger charge is 2.33. The standard InChI is InChI=1S/C21H22N2O3Si/c1-27(2,3)20(12-19(24)17-8-4-15(13-22)5-9-17)26-21(25)18-10-6-16(14-23)7-11-18/h4-11,19-20,24H,12H2,1-3H3/t19-,20+/m1/s1. The van der Waals surface area contributed by atoms with Gasteiger partial charge in [0.05, 0.1) is 48.7 Å². The average Bonchev–Trinajstić information content (AvgIpc) is 2.66. The average molecular weight is 379 g/mol. The number of carbonyl (C=O) groups is 1. The van der Waals surface area contributed by atoms with Crippen LogP contribution in [-0.4, -0.2) is 24.9 Å². The Morgan fingerprint density at radius 3 is 1.93 bits per heavy atom. The molecule has 0 fully saturated rings. The fourth-order valence-electron chi connectivity index (χ4n) is 2.58. The molecular weight excluding hydrogens is 356 g/mol. The molecule has 2 rings (SSSR count). The summed E-state index contributed by atoms with van der Waals surface area (Å²) in [6.07, 6.45) is -0.493. The molecule has 2 aromatic rings. The molecule has 0 amide bonds. The Morgan fingerprint density at radius 2 is 1.48 bits per heavy atom. The molecule has 0 saturated heterocycles. The molecule has 1 N–H and O–H groups in total. The highest BCUT2D eigenvalue weighted by atomic mass is 28.3. The molecule has 0 aliphatic rings. The van der Waals surface area contributed by atoms with Crippen LogP contribution in [0.2, 0.25) is 19.6 Å². The maximum atomic E-state index is 12.5. The third-order valence-electron chi connectivity index (χ3n) is 4.33. The van der Waals surface area contributed by atoms with E-state index in [1.807, 2.05) is 12.1 Å². The minimum absolute atomic E-state index is 0.295. The monoisotopic (exact) mass is 378 g/mol. The molecule has 5 nitrogen and oxygen atoms in total. The number of nitriles is 2. The van der Waals surface area contributed by atoms with Crippen molar-refractivity contribution in [1.29, 1.82) is 10.5 Å². The van der Waals surface area contributed by atoms with E-state index < -0.39 is 20.1 Å². The lowest BCUT2D eigenvalue weighted by atomic mass is 10.1. The first-order valence-electron chi connectivity index (χ1n) is 8.64. The highest BCUT2D eigenvalue weighted by Crippen LogP contribution is 2.26. The van der Waals surface area contributed by atoms with E-state index in [-0.39, 0.29) is 5.73 Å². The van der Waals surface area contributed by atoms with E-state index in [4.69, 9.17) is 15.3 Å². The van der Waals surface area contributed by atoms with Gasteiger partial charge in [-0.1, -0.05) is 31.8 Å². The van der Waals surface area contributed by atoms with Crippen LogP contribution in [-0.2, 0) is 4.74 Å². The van der Waals surface area contributed by atoms with Gasteiger partial charge in [-0.15, -0.1) is 0 Å². The van der Waals surface area contributed by atoms with Gasteiger partial charge >= 0.3 is 5.97 Å². The van der Waals surface area contributed by atoms with Crippen LogP contribution in [0.15, 0.2) is 48.5 Å². The summed E-state index contributed by atoms with van der Waals surface area (Å²) < 4.78 is 5.74. The van der Waals surface area contributed by atoms with Gasteiger partial charge < -0.3 is 9.84 Å². The number of aliphatic hydroxyl groups is 1. The van der Waals surface area contributed by atoms with Crippen molar-refractivity contribution < 1.29 is 14.6 Å². The second-order valence-electron chi connectivity index (χ2n) is 7.43. The van der Waals surface area contributed by atoms with Gasteiger partial charge in [0, 0.05) is 6.42 Å². The molecule has 0 heterocycles. The molecule has 6 heteroatoms. The Balaban J connectivity index is 2.13. The minimum atomic E-state index is -1.92. The van der Waals surface area contributed by atoms with Crippen molar-refractivity contribution in [3.05, 3.63) is 70.8 Å². The zero-order chi connectivity index (χ0) is 20.0. The molecule has 0 spiro atoms. The number of rotatable bonds is 6.